The number of imidazole rings is 1. The summed E-state index contributed by atoms with van der Waals surface area (Å²) < 4.78 is 2.14. The number of aromatic nitrogens is 2. The summed E-state index contributed by atoms with van der Waals surface area (Å²) in [4.78, 5) is 9.01. The highest BCUT2D eigenvalue weighted by molar-refractivity contribution is 14.0. The normalized spacial score (nSPS) is 14.0. The molecule has 0 amide bonds. The van der Waals surface area contributed by atoms with Gasteiger partial charge < -0.3 is 20.3 Å². The van der Waals surface area contributed by atoms with Gasteiger partial charge in [0.2, 0.25) is 0 Å². The Kier molecular flexibility index (Phi) is 9.59. The third-order valence-electron chi connectivity index (χ3n) is 3.83. The molecule has 2 rings (SSSR count). The van der Waals surface area contributed by atoms with E-state index in [2.05, 4.69) is 39.0 Å². The molecule has 0 aliphatic carbocycles. The van der Waals surface area contributed by atoms with Gasteiger partial charge in [0.05, 0.1) is 6.54 Å². The van der Waals surface area contributed by atoms with Gasteiger partial charge in [-0.25, -0.2) is 9.98 Å². The van der Waals surface area contributed by atoms with E-state index in [-0.39, 0.29) is 24.0 Å². The summed E-state index contributed by atoms with van der Waals surface area (Å²) in [5.41, 5.74) is -0.0277. The van der Waals surface area contributed by atoms with Crippen molar-refractivity contribution in [2.75, 3.05) is 13.1 Å². The van der Waals surface area contributed by atoms with E-state index in [4.69, 9.17) is 0 Å². The van der Waals surface area contributed by atoms with Gasteiger partial charge in [-0.3, -0.25) is 0 Å². The third-order valence-corrected chi connectivity index (χ3v) is 4.51. The van der Waals surface area contributed by atoms with Crippen molar-refractivity contribution >= 4 is 41.3 Å². The summed E-state index contributed by atoms with van der Waals surface area (Å²) >= 11 is 1.58. The van der Waals surface area contributed by atoms with E-state index in [9.17, 15) is 5.11 Å². The largest absolute Gasteiger partial charge is 0.384 e. The van der Waals surface area contributed by atoms with Crippen molar-refractivity contribution in [2.45, 2.75) is 46.4 Å². The minimum absolute atomic E-state index is 0. The van der Waals surface area contributed by atoms with Crippen molar-refractivity contribution in [3.05, 3.63) is 40.6 Å². The molecule has 8 heteroatoms. The van der Waals surface area contributed by atoms with Crippen molar-refractivity contribution in [1.29, 1.82) is 0 Å². The summed E-state index contributed by atoms with van der Waals surface area (Å²) in [6.07, 6.45) is 3.81. The molecule has 6 nitrogen and oxygen atoms in total. The van der Waals surface area contributed by atoms with E-state index >= 15 is 0 Å². The Bertz CT molecular complexity index is 667. The van der Waals surface area contributed by atoms with E-state index in [1.54, 1.807) is 18.3 Å². The van der Waals surface area contributed by atoms with Gasteiger partial charge in [-0.05, 0) is 42.2 Å². The number of nitrogens with one attached hydrogen (secondary N) is 2. The summed E-state index contributed by atoms with van der Waals surface area (Å²) in [5.74, 6) is 2.18. The summed E-state index contributed by atoms with van der Waals surface area (Å²) in [7, 11) is 0. The highest BCUT2D eigenvalue weighted by Gasteiger charge is 2.23. The van der Waals surface area contributed by atoms with Crippen LogP contribution in [0.25, 0.3) is 0 Å². The van der Waals surface area contributed by atoms with Gasteiger partial charge in [0.1, 0.15) is 18.0 Å². The summed E-state index contributed by atoms with van der Waals surface area (Å²) in [5, 5.41) is 21.0. The standard InChI is InChI=1S/C18H29N5OS.HI/c1-5-19-17(22-13-18(4,24)15-6-9-25-12-15)21-10-16-20-7-8-23(16)11-14(2)3;/h6-9,12,14,24H,5,10-11,13H2,1-4H3,(H2,19,21,22);1H. The number of aliphatic hydroxyl groups is 1. The Balaban J connectivity index is 0.00000338. The zero-order valence-electron chi connectivity index (χ0n) is 15.9. The van der Waals surface area contributed by atoms with E-state index in [0.29, 0.717) is 25.0 Å². The van der Waals surface area contributed by atoms with E-state index in [0.717, 1.165) is 24.5 Å². The Morgan fingerprint density at radius 1 is 1.42 bits per heavy atom. The summed E-state index contributed by atoms with van der Waals surface area (Å²) in [6.45, 7) is 10.8. The molecule has 0 bridgehead atoms. The van der Waals surface area contributed by atoms with Crippen LogP contribution in [0.15, 0.2) is 34.2 Å². The number of hydrogen-bond donors (Lipinski definition) is 3. The first kappa shape index (κ1) is 22.9. The van der Waals surface area contributed by atoms with E-state index in [1.807, 2.05) is 36.1 Å². The van der Waals surface area contributed by atoms with Crippen LogP contribution in [0.2, 0.25) is 0 Å². The fraction of sp³-hybridized carbons (Fsp3) is 0.556. The maximum Gasteiger partial charge on any atom is 0.191 e. The van der Waals surface area contributed by atoms with Crippen molar-refractivity contribution in [3.8, 4) is 0 Å². The molecule has 0 spiro atoms. The highest BCUT2D eigenvalue weighted by atomic mass is 127. The average molecular weight is 491 g/mol. The van der Waals surface area contributed by atoms with Gasteiger partial charge in [-0.2, -0.15) is 11.3 Å². The van der Waals surface area contributed by atoms with Crippen LogP contribution in [0, 0.1) is 5.92 Å². The van der Waals surface area contributed by atoms with Crippen LogP contribution in [-0.4, -0.2) is 33.7 Å². The SMILES string of the molecule is CCNC(=NCc1nccn1CC(C)C)NCC(C)(O)c1ccsc1.I. The second-order valence-electron chi connectivity index (χ2n) is 6.72. The molecular formula is C18H30IN5OS. The molecule has 0 aromatic carbocycles. The van der Waals surface area contributed by atoms with Crippen LogP contribution in [0.4, 0.5) is 0 Å². The fourth-order valence-corrected chi connectivity index (χ4v) is 3.25. The monoisotopic (exact) mass is 491 g/mol. The molecular weight excluding hydrogens is 461 g/mol. The lowest BCUT2D eigenvalue weighted by atomic mass is 9.99. The maximum atomic E-state index is 10.6. The van der Waals surface area contributed by atoms with Gasteiger partial charge in [0.15, 0.2) is 5.96 Å². The second kappa shape index (κ2) is 10.9. The van der Waals surface area contributed by atoms with Gasteiger partial charge in [-0.1, -0.05) is 13.8 Å². The molecule has 3 N–H and O–H groups in total. The van der Waals surface area contributed by atoms with Gasteiger partial charge in [0, 0.05) is 25.5 Å². The molecule has 0 saturated heterocycles. The van der Waals surface area contributed by atoms with Crippen LogP contribution >= 0.6 is 35.3 Å². The lowest BCUT2D eigenvalue weighted by Gasteiger charge is -2.24. The van der Waals surface area contributed by atoms with Gasteiger partial charge in [0.25, 0.3) is 0 Å². The molecule has 1 unspecified atom stereocenters. The number of hydrogen-bond acceptors (Lipinski definition) is 4. The number of thiophene rings is 1. The zero-order chi connectivity index (χ0) is 18.3. The zero-order valence-corrected chi connectivity index (χ0v) is 19.0. The molecule has 1 atom stereocenters. The number of rotatable bonds is 8. The lowest BCUT2D eigenvalue weighted by Crippen LogP contribution is -2.44. The highest BCUT2D eigenvalue weighted by Crippen LogP contribution is 2.21. The first-order valence-electron chi connectivity index (χ1n) is 8.69. The smallest absolute Gasteiger partial charge is 0.191 e. The number of aliphatic imine (C=N–C) groups is 1. The number of halogens is 1. The molecule has 146 valence electrons. The van der Waals surface area contributed by atoms with Gasteiger partial charge >= 0.3 is 0 Å². The fourth-order valence-electron chi connectivity index (χ4n) is 2.47. The Hall–Kier alpha value is -1.13. The Labute approximate surface area is 177 Å². The predicted molar refractivity (Wildman–Crippen MR) is 119 cm³/mol. The molecule has 2 heterocycles. The molecule has 0 aliphatic heterocycles. The molecule has 0 saturated carbocycles. The predicted octanol–water partition coefficient (Wildman–Crippen LogP) is 3.18. The van der Waals surface area contributed by atoms with Crippen molar-refractivity contribution in [1.82, 2.24) is 20.2 Å². The van der Waals surface area contributed by atoms with Crippen LogP contribution < -0.4 is 10.6 Å². The number of guanidine groups is 1. The molecule has 2 aromatic heterocycles. The van der Waals surface area contributed by atoms with Crippen LogP contribution in [-0.2, 0) is 18.7 Å². The van der Waals surface area contributed by atoms with Crippen molar-refractivity contribution in [2.24, 2.45) is 10.9 Å². The molecule has 2 aromatic rings. The maximum absolute atomic E-state index is 10.6. The topological polar surface area (TPSA) is 74.5 Å². The minimum atomic E-state index is -0.938. The number of nitrogens with zero attached hydrogens (tertiary/aromatic N) is 3. The quantitative estimate of drug-likeness (QED) is 0.301. The first-order chi connectivity index (χ1) is 11.9. The van der Waals surface area contributed by atoms with Crippen molar-refractivity contribution < 1.29 is 5.11 Å². The van der Waals surface area contributed by atoms with Crippen LogP contribution in [0.1, 0.15) is 39.1 Å². The molecule has 26 heavy (non-hydrogen) atoms. The Morgan fingerprint density at radius 3 is 2.81 bits per heavy atom. The van der Waals surface area contributed by atoms with Crippen LogP contribution in [0.3, 0.4) is 0 Å². The first-order valence-corrected chi connectivity index (χ1v) is 9.64. The van der Waals surface area contributed by atoms with Gasteiger partial charge in [-0.15, -0.1) is 24.0 Å². The summed E-state index contributed by atoms with van der Waals surface area (Å²) in [6, 6.07) is 1.94. The van der Waals surface area contributed by atoms with Crippen LogP contribution in [0.5, 0.6) is 0 Å². The van der Waals surface area contributed by atoms with Crippen molar-refractivity contribution in [3.63, 3.8) is 0 Å². The molecule has 0 fully saturated rings. The third kappa shape index (κ3) is 6.88. The average Bonchev–Trinajstić information content (AvgIpc) is 3.22. The molecule has 0 aliphatic rings. The van der Waals surface area contributed by atoms with E-state index in [1.165, 1.54) is 0 Å². The van der Waals surface area contributed by atoms with E-state index < -0.39 is 5.60 Å². The second-order valence-corrected chi connectivity index (χ2v) is 7.50. The molecule has 0 radical (unpaired) electrons. The Morgan fingerprint density at radius 2 is 2.19 bits per heavy atom. The lowest BCUT2D eigenvalue weighted by molar-refractivity contribution is 0.0621. The minimum Gasteiger partial charge on any atom is -0.384 e.